The number of rotatable bonds is 8. The molecule has 1 heterocycles. The van der Waals surface area contributed by atoms with Crippen molar-refractivity contribution in [2.24, 2.45) is 4.99 Å². The summed E-state index contributed by atoms with van der Waals surface area (Å²) in [5, 5.41) is 6.34. The van der Waals surface area contributed by atoms with Crippen LogP contribution in [0.3, 0.4) is 0 Å². The number of nitrogens with zero attached hydrogens (tertiary/aromatic N) is 3. The minimum atomic E-state index is -0.0174. The average molecular weight is 390 g/mol. The maximum absolute atomic E-state index is 12.0. The number of carbonyl (C=O) groups is 1. The van der Waals surface area contributed by atoms with Crippen molar-refractivity contribution in [1.82, 2.24) is 15.1 Å². The molecule has 1 aliphatic heterocycles. The van der Waals surface area contributed by atoms with Gasteiger partial charge in [-0.25, -0.2) is 4.99 Å². The highest BCUT2D eigenvalue weighted by Crippen LogP contribution is 2.15. The third-order valence-corrected chi connectivity index (χ3v) is 4.56. The van der Waals surface area contributed by atoms with Gasteiger partial charge in [-0.2, -0.15) is 0 Å². The Morgan fingerprint density at radius 2 is 2.04 bits per heavy atom. The highest BCUT2D eigenvalue weighted by Gasteiger charge is 2.21. The molecule has 1 fully saturated rings. The van der Waals surface area contributed by atoms with Gasteiger partial charge in [0.15, 0.2) is 5.96 Å². The van der Waals surface area contributed by atoms with Gasteiger partial charge in [-0.05, 0) is 58.5 Å². The number of benzene rings is 1. The summed E-state index contributed by atoms with van der Waals surface area (Å²) in [5.41, 5.74) is 1.88. The second-order valence-corrected chi connectivity index (χ2v) is 7.30. The van der Waals surface area contributed by atoms with Crippen molar-refractivity contribution in [2.45, 2.75) is 39.3 Å². The van der Waals surface area contributed by atoms with Gasteiger partial charge >= 0.3 is 0 Å². The molecule has 7 nitrogen and oxygen atoms in total. The summed E-state index contributed by atoms with van der Waals surface area (Å²) < 4.78 is 5.74. The molecule has 0 unspecified atom stereocenters. The van der Waals surface area contributed by atoms with E-state index in [0.29, 0.717) is 19.2 Å². The lowest BCUT2D eigenvalue weighted by molar-refractivity contribution is -0.116. The Balaban J connectivity index is 1.97. The van der Waals surface area contributed by atoms with E-state index < -0.39 is 0 Å². The van der Waals surface area contributed by atoms with Gasteiger partial charge in [0.1, 0.15) is 0 Å². The lowest BCUT2D eigenvalue weighted by Crippen LogP contribution is -2.47. The van der Waals surface area contributed by atoms with Gasteiger partial charge in [0.2, 0.25) is 5.91 Å². The minimum absolute atomic E-state index is 0.0174. The van der Waals surface area contributed by atoms with Gasteiger partial charge in [0.05, 0.1) is 19.2 Å². The summed E-state index contributed by atoms with van der Waals surface area (Å²) in [6.45, 7) is 8.60. The minimum Gasteiger partial charge on any atom is -0.378 e. The number of amides is 1. The molecule has 2 rings (SSSR count). The Morgan fingerprint density at radius 1 is 1.29 bits per heavy atom. The van der Waals surface area contributed by atoms with Gasteiger partial charge < -0.3 is 25.2 Å². The number of ether oxygens (including phenoxy) is 1. The van der Waals surface area contributed by atoms with E-state index in [9.17, 15) is 4.79 Å². The topological polar surface area (TPSA) is 69.2 Å². The van der Waals surface area contributed by atoms with E-state index in [4.69, 9.17) is 9.73 Å². The van der Waals surface area contributed by atoms with Gasteiger partial charge in [0.25, 0.3) is 0 Å². The maximum Gasteiger partial charge on any atom is 0.238 e. The molecule has 156 valence electrons. The van der Waals surface area contributed by atoms with E-state index in [1.807, 2.05) is 43.3 Å². The van der Waals surface area contributed by atoms with Crippen LogP contribution in [0.2, 0.25) is 0 Å². The summed E-state index contributed by atoms with van der Waals surface area (Å²) in [6, 6.07) is 7.89. The van der Waals surface area contributed by atoms with Crippen LogP contribution in [0.5, 0.6) is 0 Å². The summed E-state index contributed by atoms with van der Waals surface area (Å²) in [5.74, 6) is 0.927. The summed E-state index contributed by atoms with van der Waals surface area (Å²) in [7, 11) is 3.76. The van der Waals surface area contributed by atoms with E-state index in [1.54, 1.807) is 0 Å². The zero-order valence-corrected chi connectivity index (χ0v) is 17.7. The van der Waals surface area contributed by atoms with Crippen molar-refractivity contribution in [3.63, 3.8) is 0 Å². The fraction of sp³-hybridized carbons (Fsp3) is 0.619. The summed E-state index contributed by atoms with van der Waals surface area (Å²) >= 11 is 0. The van der Waals surface area contributed by atoms with Crippen molar-refractivity contribution >= 4 is 17.6 Å². The molecule has 0 aromatic heterocycles. The first-order valence-corrected chi connectivity index (χ1v) is 10.2. The second kappa shape index (κ2) is 11.7. The Kier molecular flexibility index (Phi) is 9.23. The first-order valence-electron chi connectivity index (χ1n) is 10.2. The van der Waals surface area contributed by atoms with E-state index >= 15 is 0 Å². The molecule has 0 radical (unpaired) electrons. The highest BCUT2D eigenvalue weighted by molar-refractivity contribution is 5.92. The number of hydrogen-bond donors (Lipinski definition) is 2. The van der Waals surface area contributed by atoms with Crippen LogP contribution >= 0.6 is 0 Å². The van der Waals surface area contributed by atoms with E-state index in [2.05, 4.69) is 29.4 Å². The third-order valence-electron chi connectivity index (χ3n) is 4.56. The molecule has 0 spiro atoms. The van der Waals surface area contributed by atoms with Crippen LogP contribution in [-0.2, 0) is 16.1 Å². The van der Waals surface area contributed by atoms with Crippen molar-refractivity contribution in [2.75, 3.05) is 52.2 Å². The Bertz CT molecular complexity index is 639. The van der Waals surface area contributed by atoms with Crippen LogP contribution in [-0.4, -0.2) is 74.7 Å². The van der Waals surface area contributed by atoms with Crippen molar-refractivity contribution in [1.29, 1.82) is 0 Å². The first kappa shape index (κ1) is 22.2. The monoisotopic (exact) mass is 389 g/mol. The van der Waals surface area contributed by atoms with E-state index in [0.717, 1.165) is 56.3 Å². The predicted molar refractivity (Wildman–Crippen MR) is 115 cm³/mol. The number of nitrogens with one attached hydrogen (secondary N) is 2. The number of aliphatic imine (C=N–C) groups is 1. The van der Waals surface area contributed by atoms with Crippen LogP contribution < -0.4 is 10.6 Å². The molecule has 1 aromatic carbocycles. The van der Waals surface area contributed by atoms with Crippen LogP contribution in [0.15, 0.2) is 29.3 Å². The normalized spacial score (nSPS) is 15.8. The third kappa shape index (κ3) is 7.48. The van der Waals surface area contributed by atoms with Crippen LogP contribution in [0.1, 0.15) is 32.3 Å². The fourth-order valence-corrected chi connectivity index (χ4v) is 3.30. The largest absolute Gasteiger partial charge is 0.378 e. The fourth-order valence-electron chi connectivity index (χ4n) is 3.30. The first-order chi connectivity index (χ1) is 13.5. The van der Waals surface area contributed by atoms with Gasteiger partial charge in [-0.3, -0.25) is 4.79 Å². The van der Waals surface area contributed by atoms with Gasteiger partial charge in [-0.1, -0.05) is 12.1 Å². The average Bonchev–Trinajstić information content (AvgIpc) is 2.66. The number of anilines is 1. The molecule has 1 aromatic rings. The van der Waals surface area contributed by atoms with Gasteiger partial charge in [0, 0.05) is 31.9 Å². The zero-order chi connectivity index (χ0) is 20.4. The van der Waals surface area contributed by atoms with Crippen molar-refractivity contribution < 1.29 is 9.53 Å². The predicted octanol–water partition coefficient (Wildman–Crippen LogP) is 2.15. The highest BCUT2D eigenvalue weighted by atomic mass is 16.5. The second-order valence-electron chi connectivity index (χ2n) is 7.30. The molecular formula is C21H35N5O2. The molecule has 2 N–H and O–H groups in total. The lowest BCUT2D eigenvalue weighted by atomic mass is 10.1. The van der Waals surface area contributed by atoms with Crippen LogP contribution in [0.25, 0.3) is 0 Å². The lowest BCUT2D eigenvalue weighted by Gasteiger charge is -2.34. The molecule has 1 aliphatic rings. The number of hydrogen-bond acceptors (Lipinski definition) is 4. The van der Waals surface area contributed by atoms with Gasteiger partial charge in [-0.15, -0.1) is 0 Å². The summed E-state index contributed by atoms with van der Waals surface area (Å²) in [4.78, 5) is 20.9. The standard InChI is InChI=1S/C21H35N5O2/c1-5-22-21(26-12-10-19(11-13-26)28-6-2)23-15-17-8-7-9-18(14-17)24-20(27)16-25(3)4/h7-9,14,19H,5-6,10-13,15-16H2,1-4H3,(H,22,23)(H,24,27). The smallest absolute Gasteiger partial charge is 0.238 e. The Morgan fingerprint density at radius 3 is 2.68 bits per heavy atom. The van der Waals surface area contributed by atoms with Crippen LogP contribution in [0.4, 0.5) is 5.69 Å². The number of guanidine groups is 1. The molecule has 1 saturated heterocycles. The number of likely N-dealkylation sites (N-methyl/N-ethyl adjacent to an activating group) is 1. The zero-order valence-electron chi connectivity index (χ0n) is 17.7. The summed E-state index contributed by atoms with van der Waals surface area (Å²) in [6.07, 6.45) is 2.43. The van der Waals surface area contributed by atoms with Crippen molar-refractivity contribution in [3.05, 3.63) is 29.8 Å². The number of piperidine rings is 1. The molecular weight excluding hydrogens is 354 g/mol. The molecule has 0 atom stereocenters. The molecule has 0 bridgehead atoms. The molecule has 0 aliphatic carbocycles. The SMILES string of the molecule is CCNC(=NCc1cccc(NC(=O)CN(C)C)c1)N1CCC(OCC)CC1. The quantitative estimate of drug-likeness (QED) is 0.527. The van der Waals surface area contributed by atoms with Crippen molar-refractivity contribution in [3.8, 4) is 0 Å². The molecule has 7 heteroatoms. The Labute approximate surface area is 169 Å². The Hall–Kier alpha value is -2.12. The van der Waals surface area contributed by atoms with E-state index in [1.165, 1.54) is 0 Å². The maximum atomic E-state index is 12.0. The molecule has 1 amide bonds. The molecule has 0 saturated carbocycles. The number of carbonyl (C=O) groups excluding carboxylic acids is 1. The van der Waals surface area contributed by atoms with E-state index in [-0.39, 0.29) is 5.91 Å². The number of likely N-dealkylation sites (tertiary alicyclic amines) is 1. The van der Waals surface area contributed by atoms with Crippen LogP contribution in [0, 0.1) is 0 Å². The molecule has 28 heavy (non-hydrogen) atoms.